The molecule has 5 nitrogen and oxygen atoms in total. The van der Waals surface area contributed by atoms with E-state index in [-0.39, 0.29) is 24.1 Å². The molecule has 2 aromatic rings. The van der Waals surface area contributed by atoms with Crippen LogP contribution in [-0.2, 0) is 20.7 Å². The summed E-state index contributed by atoms with van der Waals surface area (Å²) >= 11 is 0. The summed E-state index contributed by atoms with van der Waals surface area (Å²) < 4.78 is 19.9. The summed E-state index contributed by atoms with van der Waals surface area (Å²) in [6.07, 6.45) is 1.84. The Kier molecular flexibility index (Phi) is 9.65. The highest BCUT2D eigenvalue weighted by Crippen LogP contribution is 2.55. The Morgan fingerprint density at radius 1 is 0.892 bits per heavy atom. The largest absolute Gasteiger partial charge is 0.458 e. The summed E-state index contributed by atoms with van der Waals surface area (Å²) in [4.78, 5) is 39.7. The molecule has 0 aromatic heterocycles. The Morgan fingerprint density at radius 3 is 1.73 bits per heavy atom. The lowest BCUT2D eigenvalue weighted by atomic mass is 9.86. The van der Waals surface area contributed by atoms with E-state index in [0.29, 0.717) is 27.8 Å². The van der Waals surface area contributed by atoms with Gasteiger partial charge in [0.1, 0.15) is 6.61 Å². The third-order valence-corrected chi connectivity index (χ3v) is 9.33. The predicted molar refractivity (Wildman–Crippen MR) is 151 cm³/mol. The zero-order valence-corrected chi connectivity index (χ0v) is 24.7. The van der Waals surface area contributed by atoms with Crippen LogP contribution in [-0.4, -0.2) is 23.2 Å². The molecule has 6 heteroatoms. The van der Waals surface area contributed by atoms with Crippen molar-refractivity contribution in [3.8, 4) is 0 Å². The van der Waals surface area contributed by atoms with Crippen LogP contribution in [0.1, 0.15) is 88.2 Å². The SMILES string of the molecule is C=CC(=O)OCc1cc(C)c(C(=O)P(=O)(CC(C)CC(C)(C)C)C(=O)c2c(C)cc(C)cc2C)c(C)c1. The minimum atomic E-state index is -4.04. The molecule has 0 bridgehead atoms. The van der Waals surface area contributed by atoms with Gasteiger partial charge in [0, 0.05) is 23.4 Å². The van der Waals surface area contributed by atoms with Gasteiger partial charge in [-0.2, -0.15) is 0 Å². The summed E-state index contributed by atoms with van der Waals surface area (Å²) in [5, 5.41) is 0. The fourth-order valence-corrected chi connectivity index (χ4v) is 8.32. The van der Waals surface area contributed by atoms with Crippen LogP contribution in [0.15, 0.2) is 36.9 Å². The molecular formula is C31H41O5P. The van der Waals surface area contributed by atoms with Gasteiger partial charge in [0.05, 0.1) is 0 Å². The van der Waals surface area contributed by atoms with Crippen molar-refractivity contribution in [2.45, 2.75) is 75.3 Å². The molecule has 200 valence electrons. The maximum atomic E-state index is 14.8. The number of carbonyl (C=O) groups is 3. The minimum Gasteiger partial charge on any atom is -0.458 e. The smallest absolute Gasteiger partial charge is 0.330 e. The van der Waals surface area contributed by atoms with Gasteiger partial charge in [-0.05, 0) is 80.2 Å². The van der Waals surface area contributed by atoms with Gasteiger partial charge in [0.25, 0.3) is 0 Å². The van der Waals surface area contributed by atoms with E-state index in [1.54, 1.807) is 26.0 Å². The Bertz CT molecular complexity index is 1230. The van der Waals surface area contributed by atoms with Crippen LogP contribution in [0.25, 0.3) is 0 Å². The summed E-state index contributed by atoms with van der Waals surface area (Å²) in [7, 11) is -4.04. The molecule has 0 N–H and O–H groups in total. The summed E-state index contributed by atoms with van der Waals surface area (Å²) in [6, 6.07) is 7.27. The Morgan fingerprint density at radius 2 is 1.32 bits per heavy atom. The molecule has 0 radical (unpaired) electrons. The molecule has 0 fully saturated rings. The van der Waals surface area contributed by atoms with Crippen molar-refractivity contribution in [3.63, 3.8) is 0 Å². The first-order valence-corrected chi connectivity index (χ1v) is 14.6. The van der Waals surface area contributed by atoms with Crippen LogP contribution in [0.2, 0.25) is 0 Å². The van der Waals surface area contributed by atoms with E-state index in [2.05, 4.69) is 27.4 Å². The zero-order chi connectivity index (χ0) is 28.3. The number of ether oxygens (including phenoxy) is 1. The van der Waals surface area contributed by atoms with Crippen LogP contribution in [0.5, 0.6) is 0 Å². The number of aryl methyl sites for hydroxylation is 5. The molecule has 0 saturated carbocycles. The molecular weight excluding hydrogens is 483 g/mol. The van der Waals surface area contributed by atoms with Gasteiger partial charge >= 0.3 is 5.97 Å². The average molecular weight is 525 g/mol. The highest BCUT2D eigenvalue weighted by molar-refractivity contribution is 7.95. The molecule has 0 amide bonds. The van der Waals surface area contributed by atoms with Crippen molar-refractivity contribution in [2.75, 3.05) is 6.16 Å². The molecule has 2 unspecified atom stereocenters. The lowest BCUT2D eigenvalue weighted by Gasteiger charge is -2.27. The van der Waals surface area contributed by atoms with E-state index >= 15 is 0 Å². The molecule has 2 rings (SSSR count). The van der Waals surface area contributed by atoms with Crippen molar-refractivity contribution in [1.29, 1.82) is 0 Å². The van der Waals surface area contributed by atoms with Crippen LogP contribution >= 0.6 is 7.14 Å². The van der Waals surface area contributed by atoms with Crippen molar-refractivity contribution in [3.05, 3.63) is 81.4 Å². The standard InChI is InChI=1S/C31H41O5P/c1-11-26(32)36-17-25-14-23(6)28(24(7)15-25)30(34)37(35,18-20(3)16-31(8,9)10)29(33)27-21(4)12-19(2)13-22(27)5/h11-15,20H,1,16-18H2,2-10H3. The third kappa shape index (κ3) is 7.38. The maximum Gasteiger partial charge on any atom is 0.330 e. The summed E-state index contributed by atoms with van der Waals surface area (Å²) in [5.41, 5.74) is 3.86. The number of hydrogen-bond acceptors (Lipinski definition) is 5. The number of benzene rings is 2. The van der Waals surface area contributed by atoms with Gasteiger partial charge in [0.2, 0.25) is 18.2 Å². The van der Waals surface area contributed by atoms with Crippen LogP contribution < -0.4 is 0 Å². The Labute approximate surface area is 222 Å². The topological polar surface area (TPSA) is 77.5 Å². The van der Waals surface area contributed by atoms with Crippen molar-refractivity contribution in [2.24, 2.45) is 11.3 Å². The van der Waals surface area contributed by atoms with Crippen molar-refractivity contribution >= 4 is 24.2 Å². The summed E-state index contributed by atoms with van der Waals surface area (Å²) in [6.45, 7) is 20.8. The lowest BCUT2D eigenvalue weighted by molar-refractivity contribution is -0.138. The molecule has 0 aliphatic carbocycles. The molecule has 0 heterocycles. The quantitative estimate of drug-likeness (QED) is 0.179. The first kappa shape index (κ1) is 30.4. The van der Waals surface area contributed by atoms with E-state index < -0.39 is 24.2 Å². The van der Waals surface area contributed by atoms with Crippen LogP contribution in [0.4, 0.5) is 0 Å². The van der Waals surface area contributed by atoms with E-state index in [1.807, 2.05) is 39.8 Å². The zero-order valence-electron chi connectivity index (χ0n) is 23.8. The highest BCUT2D eigenvalue weighted by Gasteiger charge is 2.44. The number of hydrogen-bond donors (Lipinski definition) is 0. The first-order chi connectivity index (χ1) is 17.0. The monoisotopic (exact) mass is 524 g/mol. The van der Waals surface area contributed by atoms with Crippen LogP contribution in [0.3, 0.4) is 0 Å². The van der Waals surface area contributed by atoms with Gasteiger partial charge in [-0.15, -0.1) is 0 Å². The second-order valence-corrected chi connectivity index (χ2v) is 14.2. The van der Waals surface area contributed by atoms with Gasteiger partial charge in [0.15, 0.2) is 0 Å². The normalized spacial score (nSPS) is 14.0. The van der Waals surface area contributed by atoms with Gasteiger partial charge in [-0.25, -0.2) is 4.79 Å². The lowest BCUT2D eigenvalue weighted by Crippen LogP contribution is -2.22. The molecule has 2 aromatic carbocycles. The van der Waals surface area contributed by atoms with Gasteiger partial charge in [-0.3, -0.25) is 9.59 Å². The van der Waals surface area contributed by atoms with E-state index in [4.69, 9.17) is 4.74 Å². The van der Waals surface area contributed by atoms with E-state index in [0.717, 1.165) is 29.2 Å². The van der Waals surface area contributed by atoms with E-state index in [1.165, 1.54) is 0 Å². The van der Waals surface area contributed by atoms with Gasteiger partial charge in [-0.1, -0.05) is 64.1 Å². The predicted octanol–water partition coefficient (Wildman–Crippen LogP) is 7.87. The fourth-order valence-electron chi connectivity index (χ4n) is 5.37. The fraction of sp³-hybridized carbons (Fsp3) is 0.452. The van der Waals surface area contributed by atoms with Crippen LogP contribution in [0, 0.1) is 46.0 Å². The maximum absolute atomic E-state index is 14.8. The molecule has 0 spiro atoms. The first-order valence-electron chi connectivity index (χ1n) is 12.7. The summed E-state index contributed by atoms with van der Waals surface area (Å²) in [5.74, 6) is -0.634. The molecule has 0 saturated heterocycles. The molecule has 0 aliphatic heterocycles. The number of carbonyl (C=O) groups excluding carboxylic acids is 3. The van der Waals surface area contributed by atoms with Gasteiger partial charge < -0.3 is 9.30 Å². The van der Waals surface area contributed by atoms with Crippen molar-refractivity contribution < 1.29 is 23.7 Å². The van der Waals surface area contributed by atoms with Crippen molar-refractivity contribution in [1.82, 2.24) is 0 Å². The molecule has 0 aliphatic rings. The molecule has 2 atom stereocenters. The second kappa shape index (κ2) is 11.7. The highest BCUT2D eigenvalue weighted by atomic mass is 31.2. The third-order valence-electron chi connectivity index (χ3n) is 6.43. The Balaban J connectivity index is 2.63. The second-order valence-electron chi connectivity index (χ2n) is 11.6. The number of esters is 1. The minimum absolute atomic E-state index is 0.0201. The number of rotatable bonds is 10. The Hall–Kier alpha value is -2.78. The average Bonchev–Trinajstić information content (AvgIpc) is 2.74. The molecule has 37 heavy (non-hydrogen) atoms. The van der Waals surface area contributed by atoms with E-state index in [9.17, 15) is 18.9 Å².